The summed E-state index contributed by atoms with van der Waals surface area (Å²) in [6.45, 7) is 5.15. The molecule has 5 nitrogen and oxygen atoms in total. The second-order valence-corrected chi connectivity index (χ2v) is 6.55. The number of ether oxygens (including phenoxy) is 1. The molecule has 7 heteroatoms. The van der Waals surface area contributed by atoms with Crippen LogP contribution < -0.4 is 15.4 Å². The van der Waals surface area contributed by atoms with Gasteiger partial charge in [-0.15, -0.1) is 24.8 Å². The summed E-state index contributed by atoms with van der Waals surface area (Å²) in [5, 5.41) is 6.42. The molecule has 1 unspecified atom stereocenters. The number of benzene rings is 1. The van der Waals surface area contributed by atoms with Gasteiger partial charge in [0.2, 0.25) is 0 Å². The lowest BCUT2D eigenvalue weighted by Crippen LogP contribution is -2.38. The molecule has 0 saturated carbocycles. The Labute approximate surface area is 173 Å². The van der Waals surface area contributed by atoms with E-state index in [1.54, 1.807) is 6.20 Å². The fourth-order valence-electron chi connectivity index (χ4n) is 2.95. The van der Waals surface area contributed by atoms with Crippen LogP contribution in [-0.2, 0) is 6.61 Å². The summed E-state index contributed by atoms with van der Waals surface area (Å²) in [5.41, 5.74) is 2.60. The monoisotopic (exact) mass is 411 g/mol. The molecular formula is C20H27Cl2N3O2. The highest BCUT2D eigenvalue weighted by atomic mass is 35.5. The lowest BCUT2D eigenvalue weighted by Gasteiger charge is -2.22. The zero-order chi connectivity index (χ0) is 17.5. The number of halogens is 2. The summed E-state index contributed by atoms with van der Waals surface area (Å²) in [4.78, 5) is 16.6. The van der Waals surface area contributed by atoms with Crippen molar-refractivity contribution in [3.05, 3.63) is 59.4 Å². The van der Waals surface area contributed by atoms with Crippen molar-refractivity contribution in [2.24, 2.45) is 5.92 Å². The van der Waals surface area contributed by atoms with E-state index in [0.717, 1.165) is 36.6 Å². The Morgan fingerprint density at radius 2 is 2.15 bits per heavy atom. The molecule has 1 aromatic carbocycles. The first kappa shape index (κ1) is 23.2. The molecule has 0 aliphatic carbocycles. The van der Waals surface area contributed by atoms with Gasteiger partial charge in [0, 0.05) is 17.8 Å². The van der Waals surface area contributed by atoms with Gasteiger partial charge in [-0.2, -0.15) is 0 Å². The second-order valence-electron chi connectivity index (χ2n) is 6.55. The number of hydrogen-bond donors (Lipinski definition) is 2. The van der Waals surface area contributed by atoms with Crippen molar-refractivity contribution in [2.75, 3.05) is 19.6 Å². The smallest absolute Gasteiger partial charge is 0.251 e. The number of aromatic nitrogens is 1. The summed E-state index contributed by atoms with van der Waals surface area (Å²) >= 11 is 0. The summed E-state index contributed by atoms with van der Waals surface area (Å²) in [6.07, 6.45) is 4.07. The number of rotatable bonds is 6. The number of carbonyl (C=O) groups excluding carboxylic acids is 1. The number of aryl methyl sites for hydroxylation is 1. The van der Waals surface area contributed by atoms with Crippen LogP contribution in [0.2, 0.25) is 0 Å². The molecule has 1 fully saturated rings. The normalized spacial score (nSPS) is 15.8. The quantitative estimate of drug-likeness (QED) is 0.762. The minimum atomic E-state index is -0.0237. The van der Waals surface area contributed by atoms with Gasteiger partial charge in [-0.05, 0) is 68.6 Å². The van der Waals surface area contributed by atoms with Crippen molar-refractivity contribution in [3.63, 3.8) is 0 Å². The average Bonchev–Trinajstić information content (AvgIpc) is 2.67. The van der Waals surface area contributed by atoms with Crippen LogP contribution in [0.3, 0.4) is 0 Å². The molecule has 1 amide bonds. The number of amides is 1. The summed E-state index contributed by atoms with van der Waals surface area (Å²) in [7, 11) is 0. The molecule has 3 rings (SSSR count). The molecule has 1 aromatic heterocycles. The number of nitrogens with one attached hydrogen (secondary N) is 2. The maximum Gasteiger partial charge on any atom is 0.251 e. The highest BCUT2D eigenvalue weighted by Crippen LogP contribution is 2.13. The molecule has 1 atom stereocenters. The maximum absolute atomic E-state index is 12.4. The molecule has 2 heterocycles. The predicted molar refractivity (Wildman–Crippen MR) is 112 cm³/mol. The third kappa shape index (κ3) is 7.37. The van der Waals surface area contributed by atoms with E-state index >= 15 is 0 Å². The highest BCUT2D eigenvalue weighted by molar-refractivity contribution is 5.94. The number of piperidine rings is 1. The first-order valence-electron chi connectivity index (χ1n) is 8.84. The highest BCUT2D eigenvalue weighted by Gasteiger charge is 2.14. The van der Waals surface area contributed by atoms with Gasteiger partial charge in [-0.3, -0.25) is 9.78 Å². The largest absolute Gasteiger partial charge is 0.487 e. The topological polar surface area (TPSA) is 63.2 Å². The Morgan fingerprint density at radius 1 is 1.30 bits per heavy atom. The van der Waals surface area contributed by atoms with Crippen molar-refractivity contribution >= 4 is 30.7 Å². The standard InChI is InChI=1S/C20H25N3O2.2ClH/c1-15-7-8-19(13-22-15)25-14-16-4-2-6-18(10-16)20(24)23-12-17-5-3-9-21-11-17;;/h2,4,6-8,10,13,17,21H,3,5,9,11-12,14H2,1H3,(H,23,24);2*1H. The van der Waals surface area contributed by atoms with E-state index < -0.39 is 0 Å². The van der Waals surface area contributed by atoms with Gasteiger partial charge in [0.15, 0.2) is 0 Å². The van der Waals surface area contributed by atoms with Crippen LogP contribution in [0.5, 0.6) is 5.75 Å². The third-order valence-corrected chi connectivity index (χ3v) is 4.43. The average molecular weight is 412 g/mol. The molecule has 2 N–H and O–H groups in total. The van der Waals surface area contributed by atoms with Crippen LogP contribution in [0.4, 0.5) is 0 Å². The van der Waals surface area contributed by atoms with Crippen LogP contribution in [0.1, 0.15) is 34.5 Å². The molecule has 0 bridgehead atoms. The van der Waals surface area contributed by atoms with E-state index in [-0.39, 0.29) is 30.7 Å². The van der Waals surface area contributed by atoms with E-state index in [2.05, 4.69) is 15.6 Å². The number of nitrogens with zero attached hydrogens (tertiary/aromatic N) is 1. The first-order valence-corrected chi connectivity index (χ1v) is 8.84. The Bertz CT molecular complexity index is 705. The first-order chi connectivity index (χ1) is 12.2. The maximum atomic E-state index is 12.4. The minimum absolute atomic E-state index is 0. The zero-order valence-electron chi connectivity index (χ0n) is 15.4. The second kappa shape index (κ2) is 11.8. The number of hydrogen-bond acceptors (Lipinski definition) is 4. The SMILES string of the molecule is Cc1ccc(OCc2cccc(C(=O)NCC3CCCNC3)c2)cn1.Cl.Cl. The molecular weight excluding hydrogens is 385 g/mol. The lowest BCUT2D eigenvalue weighted by atomic mass is 9.99. The van der Waals surface area contributed by atoms with Crippen molar-refractivity contribution in [2.45, 2.75) is 26.4 Å². The van der Waals surface area contributed by atoms with Crippen LogP contribution in [0.25, 0.3) is 0 Å². The van der Waals surface area contributed by atoms with Gasteiger partial charge in [0.25, 0.3) is 5.91 Å². The summed E-state index contributed by atoms with van der Waals surface area (Å²) in [6, 6.07) is 11.4. The lowest BCUT2D eigenvalue weighted by molar-refractivity contribution is 0.0944. The fraction of sp³-hybridized carbons (Fsp3) is 0.400. The van der Waals surface area contributed by atoms with Crippen LogP contribution in [-0.4, -0.2) is 30.5 Å². The van der Waals surface area contributed by atoms with E-state index in [0.29, 0.717) is 18.1 Å². The van der Waals surface area contributed by atoms with Crippen LogP contribution in [0.15, 0.2) is 42.6 Å². The Hall–Kier alpha value is -1.82. The van der Waals surface area contributed by atoms with Crippen LogP contribution >= 0.6 is 24.8 Å². The molecule has 27 heavy (non-hydrogen) atoms. The molecule has 148 valence electrons. The van der Waals surface area contributed by atoms with Crippen molar-refractivity contribution < 1.29 is 9.53 Å². The van der Waals surface area contributed by atoms with Gasteiger partial charge in [0.1, 0.15) is 12.4 Å². The van der Waals surface area contributed by atoms with Crippen molar-refractivity contribution in [3.8, 4) is 5.75 Å². The number of carbonyl (C=O) groups is 1. The summed E-state index contributed by atoms with van der Waals surface area (Å²) < 4.78 is 5.73. The summed E-state index contributed by atoms with van der Waals surface area (Å²) in [5.74, 6) is 1.23. The molecule has 0 radical (unpaired) electrons. The third-order valence-electron chi connectivity index (χ3n) is 4.43. The van der Waals surface area contributed by atoms with Gasteiger partial charge >= 0.3 is 0 Å². The van der Waals surface area contributed by atoms with Gasteiger partial charge in [0.05, 0.1) is 6.20 Å². The van der Waals surface area contributed by atoms with Gasteiger partial charge < -0.3 is 15.4 Å². The van der Waals surface area contributed by atoms with Crippen LogP contribution in [0, 0.1) is 12.8 Å². The van der Waals surface area contributed by atoms with Gasteiger partial charge in [-0.25, -0.2) is 0 Å². The Kier molecular flexibility index (Phi) is 10.1. The van der Waals surface area contributed by atoms with Gasteiger partial charge in [-0.1, -0.05) is 12.1 Å². The van der Waals surface area contributed by atoms with E-state index in [9.17, 15) is 4.79 Å². The Balaban J connectivity index is 0.00000182. The fourth-order valence-corrected chi connectivity index (χ4v) is 2.95. The van der Waals surface area contributed by atoms with Crippen molar-refractivity contribution in [1.29, 1.82) is 0 Å². The minimum Gasteiger partial charge on any atom is -0.487 e. The molecule has 1 aliphatic rings. The van der Waals surface area contributed by atoms with Crippen molar-refractivity contribution in [1.82, 2.24) is 15.6 Å². The number of pyridine rings is 1. The Morgan fingerprint density at radius 3 is 2.85 bits per heavy atom. The zero-order valence-corrected chi connectivity index (χ0v) is 17.1. The molecule has 1 aliphatic heterocycles. The molecule has 2 aromatic rings. The van der Waals surface area contributed by atoms with E-state index in [1.165, 1.54) is 12.8 Å². The molecule has 0 spiro atoms. The van der Waals surface area contributed by atoms with E-state index in [1.807, 2.05) is 43.3 Å². The predicted octanol–water partition coefficient (Wildman–Crippen LogP) is 3.54. The molecule has 1 saturated heterocycles. The van der Waals surface area contributed by atoms with E-state index in [4.69, 9.17) is 4.74 Å².